The molecule has 5 heteroatoms. The average Bonchev–Trinajstić information content (AvgIpc) is 3.78. The Kier molecular flexibility index (Phi) is 7.10. The van der Waals surface area contributed by atoms with Crippen molar-refractivity contribution in [2.75, 3.05) is 4.90 Å². The van der Waals surface area contributed by atoms with Crippen molar-refractivity contribution in [1.29, 1.82) is 0 Å². The van der Waals surface area contributed by atoms with Gasteiger partial charge in [-0.2, -0.15) is 0 Å². The van der Waals surface area contributed by atoms with Gasteiger partial charge in [0.15, 0.2) is 0 Å². The highest BCUT2D eigenvalue weighted by Gasteiger charge is 2.36. The first-order valence-corrected chi connectivity index (χ1v) is 18.0. The van der Waals surface area contributed by atoms with Crippen LogP contribution in [0.5, 0.6) is 0 Å². The molecule has 10 rings (SSSR count). The monoisotopic (exact) mass is 673 g/mol. The Bertz CT molecular complexity index is 2630. The van der Waals surface area contributed by atoms with Gasteiger partial charge >= 0.3 is 0 Å². The second-order valence-electron chi connectivity index (χ2n) is 12.8. The van der Waals surface area contributed by atoms with Gasteiger partial charge in [0.1, 0.15) is 17.0 Å². The van der Waals surface area contributed by atoms with Gasteiger partial charge in [0.2, 0.25) is 0 Å². The summed E-state index contributed by atoms with van der Waals surface area (Å²) in [5, 5.41) is 5.96. The lowest BCUT2D eigenvalue weighted by molar-refractivity contribution is 0.666. The molecule has 2 aliphatic rings. The molecule has 1 N–H and O–H groups in total. The third-order valence-corrected chi connectivity index (χ3v) is 11.0. The second kappa shape index (κ2) is 12.2. The molecule has 0 radical (unpaired) electrons. The Hall–Kier alpha value is -6.30. The Balaban J connectivity index is 1.17. The minimum absolute atomic E-state index is 0.00282. The van der Waals surface area contributed by atoms with Crippen molar-refractivity contribution in [3.63, 3.8) is 0 Å². The number of anilines is 3. The van der Waals surface area contributed by atoms with E-state index in [4.69, 9.17) is 9.41 Å². The number of benzene rings is 7. The maximum atomic E-state index is 6.83. The minimum Gasteiger partial charge on any atom is -0.455 e. The minimum atomic E-state index is -0.00282. The number of aliphatic imine (C=N–C) groups is 1. The summed E-state index contributed by atoms with van der Waals surface area (Å²) < 4.78 is 6.83. The summed E-state index contributed by atoms with van der Waals surface area (Å²) in [6.45, 7) is 0. The summed E-state index contributed by atoms with van der Waals surface area (Å²) in [6.07, 6.45) is 0. The van der Waals surface area contributed by atoms with Crippen LogP contribution < -0.4 is 10.2 Å². The number of furan rings is 1. The summed E-state index contributed by atoms with van der Waals surface area (Å²) in [5.74, 6) is 0.800. The highest BCUT2D eigenvalue weighted by atomic mass is 32.2. The molecule has 0 bridgehead atoms. The fourth-order valence-electron chi connectivity index (χ4n) is 7.36. The van der Waals surface area contributed by atoms with E-state index in [0.717, 1.165) is 61.7 Å². The number of fused-ring (bicyclic) bond motifs is 6. The molecule has 0 saturated carbocycles. The molecule has 0 amide bonds. The number of hydrogen-bond donors (Lipinski definition) is 1. The molecule has 0 saturated heterocycles. The van der Waals surface area contributed by atoms with Crippen molar-refractivity contribution in [3.05, 3.63) is 198 Å². The summed E-state index contributed by atoms with van der Waals surface area (Å²) in [6, 6.07) is 61.8. The first-order chi connectivity index (χ1) is 25.3. The topological polar surface area (TPSA) is 40.8 Å². The van der Waals surface area contributed by atoms with Crippen molar-refractivity contribution in [1.82, 2.24) is 5.32 Å². The lowest BCUT2D eigenvalue weighted by atomic mass is 9.99. The molecule has 3 heterocycles. The van der Waals surface area contributed by atoms with Gasteiger partial charge in [-0.15, -0.1) is 0 Å². The van der Waals surface area contributed by atoms with E-state index in [2.05, 4.69) is 180 Å². The fourth-order valence-corrected chi connectivity index (χ4v) is 8.61. The molecule has 4 nitrogen and oxygen atoms in total. The molecule has 0 aliphatic carbocycles. The molecule has 7 aromatic carbocycles. The Morgan fingerprint density at radius 2 is 1.20 bits per heavy atom. The fraction of sp³-hybridized carbons (Fsp3) is 0.0217. The molecule has 242 valence electrons. The number of nitrogens with zero attached hydrogens (tertiary/aromatic N) is 2. The normalized spacial score (nSPS) is 15.0. The van der Waals surface area contributed by atoms with E-state index < -0.39 is 0 Å². The van der Waals surface area contributed by atoms with Crippen LogP contribution in [0, 0.1) is 0 Å². The summed E-state index contributed by atoms with van der Waals surface area (Å²) in [4.78, 5) is 10.2. The van der Waals surface area contributed by atoms with Crippen molar-refractivity contribution in [3.8, 4) is 11.1 Å². The van der Waals surface area contributed by atoms with E-state index in [1.54, 1.807) is 0 Å². The lowest BCUT2D eigenvalue weighted by Crippen LogP contribution is -2.32. The van der Waals surface area contributed by atoms with E-state index in [1.165, 1.54) is 26.5 Å². The van der Waals surface area contributed by atoms with Gasteiger partial charge in [-0.05, 0) is 65.2 Å². The zero-order valence-electron chi connectivity index (χ0n) is 27.5. The number of rotatable bonds is 6. The first kappa shape index (κ1) is 29.6. The van der Waals surface area contributed by atoms with Crippen LogP contribution in [-0.4, -0.2) is 5.84 Å². The molecule has 8 aromatic rings. The number of nitrogens with one attached hydrogen (secondary N) is 1. The van der Waals surface area contributed by atoms with Gasteiger partial charge in [-0.25, -0.2) is 4.99 Å². The Morgan fingerprint density at radius 1 is 0.569 bits per heavy atom. The van der Waals surface area contributed by atoms with Crippen LogP contribution in [0.4, 0.5) is 17.1 Å². The quantitative estimate of drug-likeness (QED) is 0.191. The van der Waals surface area contributed by atoms with Gasteiger partial charge < -0.3 is 14.6 Å². The predicted octanol–water partition coefficient (Wildman–Crippen LogP) is 12.3. The highest BCUT2D eigenvalue weighted by molar-refractivity contribution is 8.03. The van der Waals surface area contributed by atoms with Crippen LogP contribution >= 0.6 is 11.8 Å². The third-order valence-electron chi connectivity index (χ3n) is 9.74. The summed E-state index contributed by atoms with van der Waals surface area (Å²) >= 11 is 1.81. The van der Waals surface area contributed by atoms with Crippen LogP contribution in [-0.2, 0) is 0 Å². The maximum absolute atomic E-state index is 6.83. The van der Waals surface area contributed by atoms with Crippen molar-refractivity contribution >= 4 is 62.3 Å². The van der Waals surface area contributed by atoms with Gasteiger partial charge in [-0.1, -0.05) is 139 Å². The number of hydrogen-bond acceptors (Lipinski definition) is 5. The SMILES string of the molecule is c1ccc(C2=C3Sc4ccccc4C3NC(c3ccc(N(c4ccccc4)c4ccc(-c5ccccc5)cc4)c4c3oc3ccccc34)=N2)cc1. The molecule has 2 aliphatic heterocycles. The predicted molar refractivity (Wildman–Crippen MR) is 212 cm³/mol. The first-order valence-electron chi connectivity index (χ1n) is 17.2. The number of para-hydroxylation sites is 2. The maximum Gasteiger partial charge on any atom is 0.148 e. The van der Waals surface area contributed by atoms with Gasteiger partial charge in [0.25, 0.3) is 0 Å². The molecule has 1 atom stereocenters. The summed E-state index contributed by atoms with van der Waals surface area (Å²) in [7, 11) is 0. The molecule has 1 unspecified atom stereocenters. The van der Waals surface area contributed by atoms with Gasteiger partial charge in [0.05, 0.1) is 28.4 Å². The van der Waals surface area contributed by atoms with Crippen LogP contribution in [0.3, 0.4) is 0 Å². The van der Waals surface area contributed by atoms with Crippen LogP contribution in [0.2, 0.25) is 0 Å². The second-order valence-corrected chi connectivity index (χ2v) is 13.9. The zero-order valence-corrected chi connectivity index (χ0v) is 28.3. The Labute approximate surface area is 300 Å². The van der Waals surface area contributed by atoms with Gasteiger partial charge in [-0.3, -0.25) is 0 Å². The molecule has 1 aromatic heterocycles. The molecule has 0 spiro atoms. The molecule has 51 heavy (non-hydrogen) atoms. The van der Waals surface area contributed by atoms with E-state index in [1.807, 2.05) is 17.8 Å². The van der Waals surface area contributed by atoms with E-state index >= 15 is 0 Å². The largest absolute Gasteiger partial charge is 0.455 e. The van der Waals surface area contributed by atoms with Crippen molar-refractivity contribution < 1.29 is 4.42 Å². The smallest absolute Gasteiger partial charge is 0.148 e. The molecular weight excluding hydrogens is 643 g/mol. The highest BCUT2D eigenvalue weighted by Crippen LogP contribution is 2.52. The number of amidine groups is 1. The Morgan fingerprint density at radius 3 is 1.98 bits per heavy atom. The average molecular weight is 674 g/mol. The van der Waals surface area contributed by atoms with Crippen molar-refractivity contribution in [2.24, 2.45) is 4.99 Å². The van der Waals surface area contributed by atoms with Crippen LogP contribution in [0.15, 0.2) is 195 Å². The molecule has 0 fully saturated rings. The summed E-state index contributed by atoms with van der Waals surface area (Å²) in [5.41, 5.74) is 11.5. The van der Waals surface area contributed by atoms with Crippen LogP contribution in [0.1, 0.15) is 22.7 Å². The third kappa shape index (κ3) is 5.05. The van der Waals surface area contributed by atoms with Crippen molar-refractivity contribution in [2.45, 2.75) is 10.9 Å². The lowest BCUT2D eigenvalue weighted by Gasteiger charge is -2.28. The van der Waals surface area contributed by atoms with E-state index in [9.17, 15) is 0 Å². The van der Waals surface area contributed by atoms with E-state index in [-0.39, 0.29) is 6.04 Å². The molecular formula is C46H31N3OS. The van der Waals surface area contributed by atoms with Crippen LogP contribution in [0.25, 0.3) is 38.8 Å². The number of thioether (sulfide) groups is 1. The van der Waals surface area contributed by atoms with Gasteiger partial charge in [0, 0.05) is 32.1 Å². The van der Waals surface area contributed by atoms with E-state index in [0.29, 0.717) is 0 Å². The zero-order chi connectivity index (χ0) is 33.7. The standard InChI is InChI=1S/C46H31N3OS/c1-4-14-30(15-5-1)31-24-26-34(27-25-31)49(33-18-8-3-9-19-33)38-29-28-37(44-41(38)35-20-10-12-22-39(35)50-44)46-47-42(32-16-6-2-7-17-32)45-43(48-46)36-21-11-13-23-40(36)51-45/h1-29,43H,(H,47,48).